The zero-order valence-electron chi connectivity index (χ0n) is 12.7. The summed E-state index contributed by atoms with van der Waals surface area (Å²) in [6, 6.07) is 14.5. The zero-order chi connectivity index (χ0) is 14.5. The quantitative estimate of drug-likeness (QED) is 0.756. The summed E-state index contributed by atoms with van der Waals surface area (Å²) in [5.74, 6) is 0.707. The van der Waals surface area contributed by atoms with Crippen LogP contribution in [-0.2, 0) is 6.42 Å². The Labute approximate surface area is 122 Å². The predicted octanol–water partition coefficient (Wildman–Crippen LogP) is 5.53. The first-order chi connectivity index (χ1) is 9.63. The summed E-state index contributed by atoms with van der Waals surface area (Å²) in [5, 5.41) is 10.1. The van der Waals surface area contributed by atoms with Gasteiger partial charge in [-0.3, -0.25) is 0 Å². The van der Waals surface area contributed by atoms with Crippen molar-refractivity contribution in [3.63, 3.8) is 0 Å². The number of hydrogen-bond acceptors (Lipinski definition) is 1. The summed E-state index contributed by atoms with van der Waals surface area (Å²) in [4.78, 5) is 0. The van der Waals surface area contributed by atoms with Crippen molar-refractivity contribution in [1.29, 1.82) is 0 Å². The van der Waals surface area contributed by atoms with E-state index in [1.807, 2.05) is 6.07 Å². The minimum Gasteiger partial charge on any atom is -0.508 e. The molecular formula is C19H24O. The molecule has 0 bridgehead atoms. The summed E-state index contributed by atoms with van der Waals surface area (Å²) >= 11 is 0. The van der Waals surface area contributed by atoms with Gasteiger partial charge in [-0.2, -0.15) is 0 Å². The number of hydrogen-bond donors (Lipinski definition) is 1. The topological polar surface area (TPSA) is 20.2 Å². The predicted molar refractivity (Wildman–Crippen MR) is 86.2 cm³/mol. The molecule has 0 aliphatic heterocycles. The Hall–Kier alpha value is -1.76. The van der Waals surface area contributed by atoms with Crippen LogP contribution in [0, 0.1) is 0 Å². The molecule has 0 spiro atoms. The van der Waals surface area contributed by atoms with Crippen LogP contribution in [0.5, 0.6) is 5.75 Å². The van der Waals surface area contributed by atoms with E-state index in [1.54, 1.807) is 6.07 Å². The highest BCUT2D eigenvalue weighted by Crippen LogP contribution is 2.35. The standard InChI is InChI=1S/C19H24O/c1-4-5-7-15-10-12-16(13-11-15)17-8-6-9-18(20)19(17)14(2)3/h6,8-14,20H,4-5,7H2,1-3H3. The molecule has 0 aliphatic rings. The Morgan fingerprint density at radius 1 is 1.00 bits per heavy atom. The van der Waals surface area contributed by atoms with Crippen LogP contribution in [0.2, 0.25) is 0 Å². The van der Waals surface area contributed by atoms with Crippen LogP contribution >= 0.6 is 0 Å². The molecule has 0 heterocycles. The number of phenolic OH excluding ortho intramolecular Hbond substituents is 1. The number of aryl methyl sites for hydroxylation is 1. The maximum Gasteiger partial charge on any atom is 0.119 e. The Bertz CT molecular complexity index is 552. The average Bonchev–Trinajstić information content (AvgIpc) is 2.45. The third kappa shape index (κ3) is 3.22. The van der Waals surface area contributed by atoms with E-state index in [-0.39, 0.29) is 0 Å². The lowest BCUT2D eigenvalue weighted by Crippen LogP contribution is -1.93. The summed E-state index contributed by atoms with van der Waals surface area (Å²) in [7, 11) is 0. The molecule has 0 unspecified atom stereocenters. The molecule has 0 fully saturated rings. The molecule has 0 saturated carbocycles. The summed E-state index contributed by atoms with van der Waals surface area (Å²) in [6.45, 7) is 6.46. The van der Waals surface area contributed by atoms with Crippen LogP contribution in [0.25, 0.3) is 11.1 Å². The van der Waals surface area contributed by atoms with Gasteiger partial charge in [0, 0.05) is 5.56 Å². The summed E-state index contributed by atoms with van der Waals surface area (Å²) < 4.78 is 0. The van der Waals surface area contributed by atoms with Crippen molar-refractivity contribution in [1.82, 2.24) is 0 Å². The lowest BCUT2D eigenvalue weighted by atomic mass is 9.91. The van der Waals surface area contributed by atoms with Gasteiger partial charge in [-0.15, -0.1) is 0 Å². The zero-order valence-corrected chi connectivity index (χ0v) is 12.7. The molecule has 1 N–H and O–H groups in total. The first-order valence-electron chi connectivity index (χ1n) is 7.54. The van der Waals surface area contributed by atoms with Crippen LogP contribution in [0.1, 0.15) is 50.7 Å². The molecule has 0 amide bonds. The van der Waals surface area contributed by atoms with Crippen molar-refractivity contribution >= 4 is 0 Å². The van der Waals surface area contributed by atoms with Crippen molar-refractivity contribution in [3.8, 4) is 16.9 Å². The lowest BCUT2D eigenvalue weighted by Gasteiger charge is -2.15. The van der Waals surface area contributed by atoms with Gasteiger partial charge < -0.3 is 5.11 Å². The minimum absolute atomic E-state index is 0.311. The number of unbranched alkanes of at least 4 members (excludes halogenated alkanes) is 1. The van der Waals surface area contributed by atoms with Crippen LogP contribution in [0.3, 0.4) is 0 Å². The van der Waals surface area contributed by atoms with E-state index in [0.717, 1.165) is 17.5 Å². The normalized spacial score (nSPS) is 11.0. The van der Waals surface area contributed by atoms with Crippen molar-refractivity contribution in [2.45, 2.75) is 46.0 Å². The smallest absolute Gasteiger partial charge is 0.119 e. The van der Waals surface area contributed by atoms with Gasteiger partial charge >= 0.3 is 0 Å². The molecule has 0 saturated heterocycles. The van der Waals surface area contributed by atoms with E-state index in [0.29, 0.717) is 11.7 Å². The van der Waals surface area contributed by atoms with Gasteiger partial charge in [0.25, 0.3) is 0 Å². The Balaban J connectivity index is 2.34. The fraction of sp³-hybridized carbons (Fsp3) is 0.368. The molecule has 0 aromatic heterocycles. The Morgan fingerprint density at radius 2 is 1.70 bits per heavy atom. The monoisotopic (exact) mass is 268 g/mol. The molecule has 2 rings (SSSR count). The fourth-order valence-corrected chi connectivity index (χ4v) is 2.64. The van der Waals surface area contributed by atoms with Gasteiger partial charge in [-0.1, -0.05) is 63.6 Å². The second-order valence-electron chi connectivity index (χ2n) is 5.69. The van der Waals surface area contributed by atoms with Gasteiger partial charge in [0.2, 0.25) is 0 Å². The molecule has 1 nitrogen and oxygen atoms in total. The molecule has 2 aromatic rings. The fourth-order valence-electron chi connectivity index (χ4n) is 2.64. The molecular weight excluding hydrogens is 244 g/mol. The second kappa shape index (κ2) is 6.60. The SMILES string of the molecule is CCCCc1ccc(-c2cccc(O)c2C(C)C)cc1. The van der Waals surface area contributed by atoms with Crippen LogP contribution in [0.15, 0.2) is 42.5 Å². The maximum atomic E-state index is 10.1. The summed E-state index contributed by atoms with van der Waals surface area (Å²) in [6.07, 6.45) is 3.61. The first-order valence-corrected chi connectivity index (χ1v) is 7.54. The number of phenols is 1. The van der Waals surface area contributed by atoms with Gasteiger partial charge in [0.1, 0.15) is 5.75 Å². The van der Waals surface area contributed by atoms with Crippen molar-refractivity contribution < 1.29 is 5.11 Å². The van der Waals surface area contributed by atoms with E-state index in [4.69, 9.17) is 0 Å². The first kappa shape index (κ1) is 14.6. The van der Waals surface area contributed by atoms with E-state index >= 15 is 0 Å². The van der Waals surface area contributed by atoms with Crippen LogP contribution < -0.4 is 0 Å². The Morgan fingerprint density at radius 3 is 2.30 bits per heavy atom. The largest absolute Gasteiger partial charge is 0.508 e. The molecule has 0 radical (unpaired) electrons. The molecule has 20 heavy (non-hydrogen) atoms. The van der Waals surface area contributed by atoms with E-state index in [2.05, 4.69) is 51.1 Å². The van der Waals surface area contributed by atoms with Crippen LogP contribution in [-0.4, -0.2) is 5.11 Å². The highest BCUT2D eigenvalue weighted by molar-refractivity contribution is 5.71. The number of aromatic hydroxyl groups is 1. The molecule has 2 aromatic carbocycles. The molecule has 1 heteroatoms. The van der Waals surface area contributed by atoms with Crippen molar-refractivity contribution in [2.75, 3.05) is 0 Å². The van der Waals surface area contributed by atoms with Gasteiger partial charge in [0.15, 0.2) is 0 Å². The minimum atomic E-state index is 0.311. The van der Waals surface area contributed by atoms with Crippen molar-refractivity contribution in [2.24, 2.45) is 0 Å². The van der Waals surface area contributed by atoms with Gasteiger partial charge in [0.05, 0.1) is 0 Å². The number of benzene rings is 2. The number of rotatable bonds is 5. The Kier molecular flexibility index (Phi) is 4.84. The molecule has 0 atom stereocenters. The highest BCUT2D eigenvalue weighted by atomic mass is 16.3. The maximum absolute atomic E-state index is 10.1. The van der Waals surface area contributed by atoms with E-state index in [9.17, 15) is 5.11 Å². The molecule has 106 valence electrons. The van der Waals surface area contributed by atoms with Crippen molar-refractivity contribution in [3.05, 3.63) is 53.6 Å². The summed E-state index contributed by atoms with van der Waals surface area (Å²) in [5.41, 5.74) is 4.75. The molecule has 0 aliphatic carbocycles. The van der Waals surface area contributed by atoms with E-state index < -0.39 is 0 Å². The third-order valence-electron chi connectivity index (χ3n) is 3.74. The van der Waals surface area contributed by atoms with Gasteiger partial charge in [-0.25, -0.2) is 0 Å². The van der Waals surface area contributed by atoms with Crippen LogP contribution in [0.4, 0.5) is 0 Å². The lowest BCUT2D eigenvalue weighted by molar-refractivity contribution is 0.465. The highest BCUT2D eigenvalue weighted by Gasteiger charge is 2.12. The second-order valence-corrected chi connectivity index (χ2v) is 5.69. The van der Waals surface area contributed by atoms with Gasteiger partial charge in [-0.05, 0) is 41.5 Å². The van der Waals surface area contributed by atoms with E-state index in [1.165, 1.54) is 24.0 Å². The third-order valence-corrected chi connectivity index (χ3v) is 3.74. The average molecular weight is 268 g/mol.